The molecule has 0 radical (unpaired) electrons. The third-order valence-electron chi connectivity index (χ3n) is 2.96. The van der Waals surface area contributed by atoms with E-state index in [1.54, 1.807) is 27.7 Å². The van der Waals surface area contributed by atoms with Crippen LogP contribution in [0.2, 0.25) is 0 Å². The van der Waals surface area contributed by atoms with E-state index in [1.807, 2.05) is 0 Å². The Kier molecular flexibility index (Phi) is 6.91. The van der Waals surface area contributed by atoms with Crippen molar-refractivity contribution in [2.45, 2.75) is 39.3 Å². The molecule has 0 unspecified atom stereocenters. The van der Waals surface area contributed by atoms with Crippen molar-refractivity contribution in [1.29, 1.82) is 0 Å². The monoisotopic (exact) mass is 301 g/mol. The van der Waals surface area contributed by atoms with Crippen molar-refractivity contribution in [3.63, 3.8) is 0 Å². The molecule has 0 aromatic rings. The van der Waals surface area contributed by atoms with Gasteiger partial charge < -0.3 is 20.1 Å². The van der Waals surface area contributed by atoms with E-state index in [1.165, 1.54) is 0 Å². The maximum atomic E-state index is 11.9. The average molecular weight is 301 g/mol. The van der Waals surface area contributed by atoms with Gasteiger partial charge in [-0.15, -0.1) is 0 Å². The number of carbonyl (C=O) groups is 2. The molecule has 1 aliphatic rings. The molecular weight excluding hydrogens is 274 g/mol. The number of nitrogens with zero attached hydrogens (tertiary/aromatic N) is 1. The summed E-state index contributed by atoms with van der Waals surface area (Å²) in [5.74, 6) is -0.214. The fourth-order valence-electron chi connectivity index (χ4n) is 1.86. The maximum Gasteiger partial charge on any atom is 0.408 e. The van der Waals surface area contributed by atoms with Crippen LogP contribution >= 0.6 is 0 Å². The Balaban J connectivity index is 2.19. The van der Waals surface area contributed by atoms with Crippen LogP contribution in [0.25, 0.3) is 0 Å². The summed E-state index contributed by atoms with van der Waals surface area (Å²) in [6.07, 6.45) is -0.585. The minimum atomic E-state index is -0.621. The topological polar surface area (TPSA) is 79.9 Å². The Labute approximate surface area is 126 Å². The molecule has 1 heterocycles. The first-order chi connectivity index (χ1) is 9.78. The van der Waals surface area contributed by atoms with Gasteiger partial charge in [-0.2, -0.15) is 0 Å². The Bertz CT molecular complexity index is 349. The van der Waals surface area contributed by atoms with E-state index in [-0.39, 0.29) is 5.91 Å². The zero-order valence-corrected chi connectivity index (χ0v) is 13.4. The normalized spacial score (nSPS) is 17.9. The predicted octanol–water partition coefficient (Wildman–Crippen LogP) is 0.348. The van der Waals surface area contributed by atoms with Crippen molar-refractivity contribution in [1.82, 2.24) is 15.5 Å². The van der Waals surface area contributed by atoms with Gasteiger partial charge in [0.25, 0.3) is 0 Å². The number of hydrogen-bond acceptors (Lipinski definition) is 5. The van der Waals surface area contributed by atoms with Gasteiger partial charge in [0.1, 0.15) is 11.6 Å². The zero-order valence-electron chi connectivity index (χ0n) is 13.4. The van der Waals surface area contributed by atoms with Crippen molar-refractivity contribution in [3.8, 4) is 0 Å². The highest BCUT2D eigenvalue weighted by atomic mass is 16.6. The van der Waals surface area contributed by atoms with Gasteiger partial charge in [-0.05, 0) is 27.7 Å². The first-order valence-electron chi connectivity index (χ1n) is 7.35. The molecule has 0 bridgehead atoms. The van der Waals surface area contributed by atoms with E-state index < -0.39 is 17.7 Å². The van der Waals surface area contributed by atoms with Crippen LogP contribution in [-0.2, 0) is 14.3 Å². The summed E-state index contributed by atoms with van der Waals surface area (Å²) in [6, 6.07) is -0.621. The Morgan fingerprint density at radius 3 is 2.48 bits per heavy atom. The van der Waals surface area contributed by atoms with E-state index >= 15 is 0 Å². The molecule has 0 saturated carbocycles. The molecule has 122 valence electrons. The minimum absolute atomic E-state index is 0.214. The van der Waals surface area contributed by atoms with Crippen molar-refractivity contribution >= 4 is 12.0 Å². The molecule has 21 heavy (non-hydrogen) atoms. The summed E-state index contributed by atoms with van der Waals surface area (Å²) >= 11 is 0. The van der Waals surface area contributed by atoms with Crippen molar-refractivity contribution in [3.05, 3.63) is 0 Å². The summed E-state index contributed by atoms with van der Waals surface area (Å²) in [4.78, 5) is 25.7. The lowest BCUT2D eigenvalue weighted by Gasteiger charge is -2.26. The second-order valence-electron chi connectivity index (χ2n) is 6.11. The van der Waals surface area contributed by atoms with E-state index in [0.29, 0.717) is 6.54 Å². The standard InChI is InChI=1S/C14H27N3O4/c1-11(16-13(19)21-14(2,3)4)12(18)15-5-6-17-7-9-20-10-8-17/h11H,5-10H2,1-4H3,(H,15,18)(H,16,19)/t11-/m0/s1. The number of morpholine rings is 1. The van der Waals surface area contributed by atoms with Gasteiger partial charge in [-0.1, -0.05) is 0 Å². The minimum Gasteiger partial charge on any atom is -0.444 e. The molecule has 0 aliphatic carbocycles. The first kappa shape index (κ1) is 17.7. The van der Waals surface area contributed by atoms with Crippen LogP contribution in [0.4, 0.5) is 4.79 Å². The lowest BCUT2D eigenvalue weighted by molar-refractivity contribution is -0.122. The Hall–Kier alpha value is -1.34. The lowest BCUT2D eigenvalue weighted by atomic mass is 10.2. The number of alkyl carbamates (subject to hydrolysis) is 1. The van der Waals surface area contributed by atoms with E-state index in [2.05, 4.69) is 15.5 Å². The highest BCUT2D eigenvalue weighted by Crippen LogP contribution is 2.06. The summed E-state index contributed by atoms with van der Waals surface area (Å²) in [5.41, 5.74) is -0.573. The van der Waals surface area contributed by atoms with Crippen LogP contribution in [0.1, 0.15) is 27.7 Å². The number of ether oxygens (including phenoxy) is 2. The zero-order chi connectivity index (χ0) is 15.9. The molecule has 1 fully saturated rings. The molecule has 2 amide bonds. The van der Waals surface area contributed by atoms with E-state index in [4.69, 9.17) is 9.47 Å². The molecule has 1 rings (SSSR count). The lowest BCUT2D eigenvalue weighted by Crippen LogP contribution is -2.48. The molecule has 0 spiro atoms. The van der Waals surface area contributed by atoms with Crippen LogP contribution in [0.3, 0.4) is 0 Å². The van der Waals surface area contributed by atoms with Gasteiger partial charge in [0.15, 0.2) is 0 Å². The molecule has 7 nitrogen and oxygen atoms in total. The third-order valence-corrected chi connectivity index (χ3v) is 2.96. The molecule has 2 N–H and O–H groups in total. The molecule has 1 saturated heterocycles. The Morgan fingerprint density at radius 2 is 1.90 bits per heavy atom. The largest absolute Gasteiger partial charge is 0.444 e. The van der Waals surface area contributed by atoms with Gasteiger partial charge in [-0.3, -0.25) is 9.69 Å². The smallest absolute Gasteiger partial charge is 0.408 e. The third kappa shape index (κ3) is 7.87. The molecule has 1 atom stereocenters. The molecule has 7 heteroatoms. The summed E-state index contributed by atoms with van der Waals surface area (Å²) in [6.45, 7) is 11.6. The van der Waals surface area contributed by atoms with Gasteiger partial charge in [0.2, 0.25) is 5.91 Å². The van der Waals surface area contributed by atoms with Crippen molar-refractivity contribution < 1.29 is 19.1 Å². The van der Waals surface area contributed by atoms with Crippen LogP contribution in [0.5, 0.6) is 0 Å². The SMILES string of the molecule is C[C@H](NC(=O)OC(C)(C)C)C(=O)NCCN1CCOCC1. The van der Waals surface area contributed by atoms with Crippen molar-refractivity contribution in [2.75, 3.05) is 39.4 Å². The highest BCUT2D eigenvalue weighted by Gasteiger charge is 2.21. The fourth-order valence-corrected chi connectivity index (χ4v) is 1.86. The number of hydrogen-bond donors (Lipinski definition) is 2. The number of nitrogens with one attached hydrogen (secondary N) is 2. The van der Waals surface area contributed by atoms with Gasteiger partial charge in [-0.25, -0.2) is 4.79 Å². The number of rotatable bonds is 5. The van der Waals surface area contributed by atoms with Crippen LogP contribution < -0.4 is 10.6 Å². The molecule has 0 aromatic heterocycles. The molecular formula is C14H27N3O4. The van der Waals surface area contributed by atoms with Crippen LogP contribution in [0, 0.1) is 0 Å². The van der Waals surface area contributed by atoms with Gasteiger partial charge >= 0.3 is 6.09 Å². The van der Waals surface area contributed by atoms with Gasteiger partial charge in [0, 0.05) is 26.2 Å². The van der Waals surface area contributed by atoms with Crippen molar-refractivity contribution in [2.24, 2.45) is 0 Å². The fraction of sp³-hybridized carbons (Fsp3) is 0.857. The predicted molar refractivity (Wildman–Crippen MR) is 79.1 cm³/mol. The summed E-state index contributed by atoms with van der Waals surface area (Å²) in [5, 5.41) is 5.32. The van der Waals surface area contributed by atoms with Crippen LogP contribution in [-0.4, -0.2) is 67.9 Å². The van der Waals surface area contributed by atoms with Gasteiger partial charge in [0.05, 0.1) is 13.2 Å². The maximum absolute atomic E-state index is 11.9. The second-order valence-corrected chi connectivity index (χ2v) is 6.11. The average Bonchev–Trinajstić information content (AvgIpc) is 2.37. The Morgan fingerprint density at radius 1 is 1.29 bits per heavy atom. The number of amides is 2. The van der Waals surface area contributed by atoms with Crippen LogP contribution in [0.15, 0.2) is 0 Å². The quantitative estimate of drug-likeness (QED) is 0.766. The second kappa shape index (κ2) is 8.19. The summed E-state index contributed by atoms with van der Waals surface area (Å²) in [7, 11) is 0. The molecule has 0 aromatic carbocycles. The van der Waals surface area contributed by atoms with E-state index in [0.717, 1.165) is 32.8 Å². The first-order valence-corrected chi connectivity index (χ1v) is 7.35. The highest BCUT2D eigenvalue weighted by molar-refractivity contribution is 5.85. The molecule has 1 aliphatic heterocycles. The van der Waals surface area contributed by atoms with E-state index in [9.17, 15) is 9.59 Å². The number of carbonyl (C=O) groups excluding carboxylic acids is 2. The summed E-state index contributed by atoms with van der Waals surface area (Å²) < 4.78 is 10.4.